The minimum absolute atomic E-state index is 0.0471. The van der Waals surface area contributed by atoms with Gasteiger partial charge in [0.05, 0.1) is 11.9 Å². The van der Waals surface area contributed by atoms with Gasteiger partial charge in [-0.1, -0.05) is 35.5 Å². The maximum Gasteiger partial charge on any atom is 0.387 e. The first-order valence-corrected chi connectivity index (χ1v) is 9.95. The lowest BCUT2D eigenvalue weighted by Crippen LogP contribution is -2.11. The van der Waals surface area contributed by atoms with Gasteiger partial charge in [0.25, 0.3) is 0 Å². The topological polar surface area (TPSA) is 92.0 Å². The average Bonchev–Trinajstić information content (AvgIpc) is 3.33. The Balaban J connectivity index is 1.44. The van der Waals surface area contributed by atoms with E-state index in [-0.39, 0.29) is 5.75 Å². The molecule has 2 aromatic heterocycles. The molecule has 154 valence electrons. The lowest BCUT2D eigenvalue weighted by molar-refractivity contribution is -0.0498. The average molecular weight is 450 g/mol. The van der Waals surface area contributed by atoms with Gasteiger partial charge in [-0.05, 0) is 36.4 Å². The minimum atomic E-state index is -2.88. The van der Waals surface area contributed by atoms with E-state index in [0.717, 1.165) is 5.56 Å². The zero-order valence-electron chi connectivity index (χ0n) is 15.2. The molecule has 0 amide bonds. The van der Waals surface area contributed by atoms with Gasteiger partial charge in [0.2, 0.25) is 11.0 Å². The van der Waals surface area contributed by atoms with E-state index in [1.807, 2.05) is 12.1 Å². The van der Waals surface area contributed by atoms with Gasteiger partial charge in [-0.15, -0.1) is 10.2 Å². The monoisotopic (exact) mass is 449 g/mol. The van der Waals surface area contributed by atoms with Gasteiger partial charge in [0.15, 0.2) is 11.6 Å². The zero-order valence-corrected chi connectivity index (χ0v) is 16.8. The van der Waals surface area contributed by atoms with Crippen LogP contribution in [0.25, 0.3) is 22.7 Å². The molecule has 7 nitrogen and oxygen atoms in total. The van der Waals surface area contributed by atoms with Gasteiger partial charge in [-0.2, -0.15) is 8.78 Å². The van der Waals surface area contributed by atoms with Crippen molar-refractivity contribution in [2.75, 3.05) is 5.84 Å². The highest BCUT2D eigenvalue weighted by Gasteiger charge is 2.15. The van der Waals surface area contributed by atoms with E-state index in [0.29, 0.717) is 39.0 Å². The largest absolute Gasteiger partial charge is 0.440 e. The molecular formula is C19H14ClF2N5O2S. The van der Waals surface area contributed by atoms with E-state index in [1.165, 1.54) is 28.6 Å². The molecule has 4 rings (SSSR count). The number of aromatic nitrogens is 4. The van der Waals surface area contributed by atoms with Crippen LogP contribution in [-0.4, -0.2) is 26.5 Å². The molecule has 0 unspecified atom stereocenters. The molecule has 0 saturated heterocycles. The third-order valence-corrected chi connectivity index (χ3v) is 5.15. The molecule has 2 aromatic carbocycles. The third-order valence-electron chi connectivity index (χ3n) is 3.99. The van der Waals surface area contributed by atoms with Gasteiger partial charge in [0.1, 0.15) is 5.75 Å². The smallest absolute Gasteiger partial charge is 0.387 e. The maximum absolute atomic E-state index is 12.3. The van der Waals surface area contributed by atoms with Crippen LogP contribution in [0.1, 0.15) is 5.89 Å². The standard InChI is InChI=1S/C19H14ClF2N5O2S/c20-13-3-1-2-12(8-13)15-9-24-16(29-15)10-30-19-26-25-17(27(19)23)11-4-6-14(7-5-11)28-18(21)22/h1-9,18H,10,23H2. The van der Waals surface area contributed by atoms with Crippen molar-refractivity contribution in [1.82, 2.24) is 19.9 Å². The molecule has 0 radical (unpaired) electrons. The van der Waals surface area contributed by atoms with Gasteiger partial charge in [0, 0.05) is 16.1 Å². The highest BCUT2D eigenvalue weighted by atomic mass is 35.5. The molecule has 0 saturated carbocycles. The van der Waals surface area contributed by atoms with Gasteiger partial charge >= 0.3 is 6.61 Å². The Morgan fingerprint density at radius 3 is 2.67 bits per heavy atom. The molecule has 0 atom stereocenters. The molecule has 0 bridgehead atoms. The van der Waals surface area contributed by atoms with E-state index < -0.39 is 6.61 Å². The predicted molar refractivity (Wildman–Crippen MR) is 109 cm³/mol. The van der Waals surface area contributed by atoms with Crippen LogP contribution in [0.4, 0.5) is 8.78 Å². The van der Waals surface area contributed by atoms with E-state index in [4.69, 9.17) is 21.9 Å². The van der Waals surface area contributed by atoms with Crippen LogP contribution in [0.2, 0.25) is 5.02 Å². The summed E-state index contributed by atoms with van der Waals surface area (Å²) in [5.74, 6) is 8.00. The van der Waals surface area contributed by atoms with Crippen molar-refractivity contribution < 1.29 is 17.9 Å². The number of thioether (sulfide) groups is 1. The summed E-state index contributed by atoms with van der Waals surface area (Å²) in [4.78, 5) is 4.26. The summed E-state index contributed by atoms with van der Waals surface area (Å²) in [5.41, 5.74) is 1.44. The number of nitrogens with two attached hydrogens (primary N) is 1. The van der Waals surface area contributed by atoms with Crippen molar-refractivity contribution >= 4 is 23.4 Å². The van der Waals surface area contributed by atoms with Crippen LogP contribution in [-0.2, 0) is 5.75 Å². The van der Waals surface area contributed by atoms with Crippen LogP contribution in [0, 0.1) is 0 Å². The van der Waals surface area contributed by atoms with Gasteiger partial charge in [-0.3, -0.25) is 0 Å². The summed E-state index contributed by atoms with van der Waals surface area (Å²) in [6, 6.07) is 13.3. The number of ether oxygens (including phenoxy) is 1. The SMILES string of the molecule is Nn1c(SCc2ncc(-c3cccc(Cl)c3)o2)nnc1-c1ccc(OC(F)F)cc1. The normalized spacial score (nSPS) is 11.2. The van der Waals surface area contributed by atoms with Crippen molar-refractivity contribution in [3.05, 3.63) is 65.6 Å². The number of hydrogen-bond donors (Lipinski definition) is 1. The van der Waals surface area contributed by atoms with Crippen molar-refractivity contribution in [2.45, 2.75) is 17.5 Å². The molecule has 2 N–H and O–H groups in total. The summed E-state index contributed by atoms with van der Waals surface area (Å²) >= 11 is 7.30. The third kappa shape index (κ3) is 4.55. The fraction of sp³-hybridized carbons (Fsp3) is 0.105. The molecule has 4 aromatic rings. The van der Waals surface area contributed by atoms with Crippen molar-refractivity contribution in [2.24, 2.45) is 0 Å². The molecular weight excluding hydrogens is 436 g/mol. The van der Waals surface area contributed by atoms with Crippen LogP contribution in [0.5, 0.6) is 5.75 Å². The number of halogens is 3. The van der Waals surface area contributed by atoms with Crippen LogP contribution < -0.4 is 10.6 Å². The van der Waals surface area contributed by atoms with Crippen LogP contribution >= 0.6 is 23.4 Å². The Labute approximate surface area is 178 Å². The van der Waals surface area contributed by atoms with Crippen LogP contribution in [0.15, 0.2) is 64.3 Å². The molecule has 0 aliphatic carbocycles. The Morgan fingerprint density at radius 1 is 1.13 bits per heavy atom. The van der Waals surface area contributed by atoms with E-state index in [2.05, 4.69) is 19.9 Å². The number of alkyl halides is 2. The number of nitrogen functional groups attached to an aromatic ring is 1. The first-order valence-electron chi connectivity index (χ1n) is 8.59. The molecule has 2 heterocycles. The van der Waals surface area contributed by atoms with Gasteiger partial charge < -0.3 is 15.0 Å². The molecule has 0 aliphatic rings. The summed E-state index contributed by atoms with van der Waals surface area (Å²) in [5, 5.41) is 9.18. The fourth-order valence-corrected chi connectivity index (χ4v) is 3.54. The first-order chi connectivity index (χ1) is 14.5. The predicted octanol–water partition coefficient (Wildman–Crippen LogP) is 4.86. The fourth-order valence-electron chi connectivity index (χ4n) is 2.64. The summed E-state index contributed by atoms with van der Waals surface area (Å²) in [7, 11) is 0. The van der Waals surface area contributed by atoms with Crippen molar-refractivity contribution in [3.8, 4) is 28.5 Å². The maximum atomic E-state index is 12.3. The minimum Gasteiger partial charge on any atom is -0.440 e. The van der Waals surface area contributed by atoms with E-state index >= 15 is 0 Å². The number of nitrogens with zero attached hydrogens (tertiary/aromatic N) is 4. The Bertz CT molecular complexity index is 1150. The van der Waals surface area contributed by atoms with E-state index in [9.17, 15) is 8.78 Å². The lowest BCUT2D eigenvalue weighted by Gasteiger charge is -2.06. The molecule has 30 heavy (non-hydrogen) atoms. The Morgan fingerprint density at radius 2 is 1.93 bits per heavy atom. The highest BCUT2D eigenvalue weighted by Crippen LogP contribution is 2.28. The molecule has 0 spiro atoms. The second-order valence-electron chi connectivity index (χ2n) is 6.00. The number of hydrogen-bond acceptors (Lipinski definition) is 7. The molecule has 0 aliphatic heterocycles. The summed E-state index contributed by atoms with van der Waals surface area (Å²) in [6.07, 6.45) is 1.63. The number of benzene rings is 2. The highest BCUT2D eigenvalue weighted by molar-refractivity contribution is 7.98. The Hall–Kier alpha value is -3.11. The van der Waals surface area contributed by atoms with Crippen molar-refractivity contribution in [3.63, 3.8) is 0 Å². The van der Waals surface area contributed by atoms with E-state index in [1.54, 1.807) is 30.5 Å². The number of oxazole rings is 1. The summed E-state index contributed by atoms with van der Waals surface area (Å²) in [6.45, 7) is -2.88. The van der Waals surface area contributed by atoms with Crippen molar-refractivity contribution in [1.29, 1.82) is 0 Å². The summed E-state index contributed by atoms with van der Waals surface area (Å²) < 4.78 is 35.9. The molecule has 0 fully saturated rings. The van der Waals surface area contributed by atoms with Crippen LogP contribution in [0.3, 0.4) is 0 Å². The second kappa shape index (κ2) is 8.72. The molecule has 11 heteroatoms. The zero-order chi connectivity index (χ0) is 21.1. The lowest BCUT2D eigenvalue weighted by atomic mass is 10.2. The second-order valence-corrected chi connectivity index (χ2v) is 7.38. The Kier molecular flexibility index (Phi) is 5.86. The first kappa shape index (κ1) is 20.2. The number of rotatable bonds is 7. The quantitative estimate of drug-likeness (QED) is 0.318. The van der Waals surface area contributed by atoms with Gasteiger partial charge in [-0.25, -0.2) is 9.66 Å².